The van der Waals surface area contributed by atoms with Crippen LogP contribution in [0.4, 0.5) is 0 Å². The van der Waals surface area contributed by atoms with Gasteiger partial charge in [-0.05, 0) is 75.0 Å². The summed E-state index contributed by atoms with van der Waals surface area (Å²) in [4.78, 5) is 12.0. The van der Waals surface area contributed by atoms with Crippen molar-refractivity contribution in [1.82, 2.24) is 0 Å². The van der Waals surface area contributed by atoms with E-state index in [4.69, 9.17) is 0 Å². The van der Waals surface area contributed by atoms with Crippen LogP contribution in [0.1, 0.15) is 64.7 Å². The summed E-state index contributed by atoms with van der Waals surface area (Å²) in [5, 5.41) is 0. The van der Waals surface area contributed by atoms with Gasteiger partial charge in [0.25, 0.3) is 0 Å². The van der Waals surface area contributed by atoms with Crippen molar-refractivity contribution in [3.05, 3.63) is 11.1 Å². The number of allylic oxidation sites excluding steroid dienone is 2. The maximum atomic E-state index is 12.0. The lowest BCUT2D eigenvalue weighted by atomic mass is 9.60. The Morgan fingerprint density at radius 3 is 2.58 bits per heavy atom. The van der Waals surface area contributed by atoms with Gasteiger partial charge in [-0.1, -0.05) is 18.1 Å². The Morgan fingerprint density at radius 2 is 1.68 bits per heavy atom. The molecule has 1 nitrogen and oxygen atoms in total. The number of hydrogen-bond donors (Lipinski definition) is 0. The Bertz CT molecular complexity index is 433. The van der Waals surface area contributed by atoms with Crippen molar-refractivity contribution >= 4 is 5.78 Å². The summed E-state index contributed by atoms with van der Waals surface area (Å²) in [5.74, 6) is 4.45. The summed E-state index contributed by atoms with van der Waals surface area (Å²) in [6.45, 7) is 2.43. The van der Waals surface area contributed by atoms with Gasteiger partial charge < -0.3 is 0 Å². The molecule has 5 atom stereocenters. The fraction of sp³-hybridized carbons (Fsp3) is 0.833. The number of carbonyl (C=O) groups is 1. The quantitative estimate of drug-likeness (QED) is 0.584. The van der Waals surface area contributed by atoms with Crippen molar-refractivity contribution in [1.29, 1.82) is 0 Å². The Kier molecular flexibility index (Phi) is 2.86. The minimum atomic E-state index is 0.452. The second-order valence-electron chi connectivity index (χ2n) is 7.62. The van der Waals surface area contributed by atoms with Crippen LogP contribution in [0, 0.1) is 29.6 Å². The molecular formula is C18H26O. The van der Waals surface area contributed by atoms with E-state index in [1.54, 1.807) is 0 Å². The van der Waals surface area contributed by atoms with Gasteiger partial charge in [0.1, 0.15) is 5.78 Å². The molecule has 3 saturated carbocycles. The zero-order chi connectivity index (χ0) is 13.0. The largest absolute Gasteiger partial charge is 0.299 e. The topological polar surface area (TPSA) is 17.1 Å². The molecular weight excluding hydrogens is 232 g/mol. The van der Waals surface area contributed by atoms with Crippen LogP contribution < -0.4 is 0 Å². The fourth-order valence-electron chi connectivity index (χ4n) is 5.78. The van der Waals surface area contributed by atoms with Gasteiger partial charge in [-0.15, -0.1) is 0 Å². The van der Waals surface area contributed by atoms with Gasteiger partial charge in [-0.25, -0.2) is 0 Å². The second kappa shape index (κ2) is 4.46. The van der Waals surface area contributed by atoms with E-state index in [1.807, 2.05) is 11.1 Å². The van der Waals surface area contributed by atoms with E-state index in [-0.39, 0.29) is 0 Å². The number of rotatable bonds is 0. The molecule has 0 aliphatic heterocycles. The highest BCUT2D eigenvalue weighted by molar-refractivity contribution is 5.83. The molecule has 0 aromatic rings. The average Bonchev–Trinajstić information content (AvgIpc) is 2.80. The van der Waals surface area contributed by atoms with Gasteiger partial charge in [0, 0.05) is 12.3 Å². The molecule has 4 rings (SSSR count). The summed E-state index contributed by atoms with van der Waals surface area (Å²) < 4.78 is 0. The minimum Gasteiger partial charge on any atom is -0.299 e. The molecule has 1 heteroatoms. The van der Waals surface area contributed by atoms with Crippen LogP contribution in [0.25, 0.3) is 0 Å². The summed E-state index contributed by atoms with van der Waals surface area (Å²) in [5.41, 5.74) is 3.71. The first kappa shape index (κ1) is 12.2. The molecule has 1 unspecified atom stereocenters. The summed E-state index contributed by atoms with van der Waals surface area (Å²) in [7, 11) is 0. The molecule has 0 aromatic carbocycles. The third kappa shape index (κ3) is 1.84. The Balaban J connectivity index is 1.65. The van der Waals surface area contributed by atoms with Gasteiger partial charge in [-0.3, -0.25) is 4.79 Å². The van der Waals surface area contributed by atoms with Gasteiger partial charge >= 0.3 is 0 Å². The number of fused-ring (bicyclic) bond motifs is 4. The molecule has 4 aliphatic rings. The predicted octanol–water partition coefficient (Wildman–Crippen LogP) is 4.52. The van der Waals surface area contributed by atoms with E-state index < -0.39 is 0 Å². The third-order valence-electron chi connectivity index (χ3n) is 6.67. The molecule has 0 spiro atoms. The van der Waals surface area contributed by atoms with Crippen LogP contribution in [-0.4, -0.2) is 5.78 Å². The van der Waals surface area contributed by atoms with E-state index in [2.05, 4.69) is 6.92 Å². The first-order chi connectivity index (χ1) is 9.24. The normalized spacial score (nSPS) is 45.7. The maximum absolute atomic E-state index is 12.0. The molecule has 4 aliphatic carbocycles. The monoisotopic (exact) mass is 258 g/mol. The smallest absolute Gasteiger partial charge is 0.136 e. The Hall–Kier alpha value is -0.590. The van der Waals surface area contributed by atoms with Gasteiger partial charge in [0.2, 0.25) is 0 Å². The van der Waals surface area contributed by atoms with Crippen molar-refractivity contribution < 1.29 is 4.79 Å². The summed E-state index contributed by atoms with van der Waals surface area (Å²) in [6.07, 6.45) is 11.6. The lowest BCUT2D eigenvalue weighted by molar-refractivity contribution is -0.122. The first-order valence-electron chi connectivity index (χ1n) is 8.48. The van der Waals surface area contributed by atoms with Crippen LogP contribution in [0.3, 0.4) is 0 Å². The van der Waals surface area contributed by atoms with Crippen molar-refractivity contribution in [2.24, 2.45) is 29.6 Å². The van der Waals surface area contributed by atoms with E-state index in [0.29, 0.717) is 11.7 Å². The summed E-state index contributed by atoms with van der Waals surface area (Å²) in [6, 6.07) is 0. The zero-order valence-corrected chi connectivity index (χ0v) is 12.2. The molecule has 0 amide bonds. The molecule has 19 heavy (non-hydrogen) atoms. The van der Waals surface area contributed by atoms with Crippen molar-refractivity contribution in [2.45, 2.75) is 64.7 Å². The van der Waals surface area contributed by atoms with Gasteiger partial charge in [0.05, 0.1) is 0 Å². The molecule has 104 valence electrons. The first-order valence-corrected chi connectivity index (χ1v) is 8.48. The standard InChI is InChI=1S/C18H26O/c1-11-2-4-13-12(10-11)3-5-15-14(13)6-7-17-16(15)8-9-18(17)19/h11-12,15-17H,2-10H2,1H3/t11-,12?,15-,16+,17+/m1/s1. The highest BCUT2D eigenvalue weighted by Crippen LogP contribution is 2.54. The van der Waals surface area contributed by atoms with E-state index >= 15 is 0 Å². The molecule has 0 heterocycles. The minimum absolute atomic E-state index is 0.452. The van der Waals surface area contributed by atoms with Crippen molar-refractivity contribution in [3.8, 4) is 0 Å². The second-order valence-corrected chi connectivity index (χ2v) is 7.62. The number of hydrogen-bond acceptors (Lipinski definition) is 1. The SMILES string of the molecule is C[C@@H]1CCC2=C3CC[C@@H]4C(=O)CC[C@H]4[C@@H]3CCC2C1. The predicted molar refractivity (Wildman–Crippen MR) is 76.7 cm³/mol. The molecule has 0 radical (unpaired) electrons. The molecule has 0 N–H and O–H groups in total. The van der Waals surface area contributed by atoms with Crippen LogP contribution >= 0.6 is 0 Å². The van der Waals surface area contributed by atoms with E-state index in [1.165, 1.54) is 51.4 Å². The molecule has 0 bridgehead atoms. The van der Waals surface area contributed by atoms with Crippen LogP contribution in [0.5, 0.6) is 0 Å². The number of carbonyl (C=O) groups excluding carboxylic acids is 1. The molecule has 3 fully saturated rings. The Labute approximate surface area is 116 Å². The number of ketones is 1. The third-order valence-corrected chi connectivity index (χ3v) is 6.67. The molecule has 0 aromatic heterocycles. The van der Waals surface area contributed by atoms with Gasteiger partial charge in [0.15, 0.2) is 0 Å². The van der Waals surface area contributed by atoms with Crippen LogP contribution in [-0.2, 0) is 4.79 Å². The fourth-order valence-corrected chi connectivity index (χ4v) is 5.78. The van der Waals surface area contributed by atoms with Crippen molar-refractivity contribution in [3.63, 3.8) is 0 Å². The van der Waals surface area contributed by atoms with Crippen LogP contribution in [0.15, 0.2) is 11.1 Å². The molecule has 0 saturated heterocycles. The highest BCUT2D eigenvalue weighted by Gasteiger charge is 2.46. The number of Topliss-reactive ketones (excluding diaryl/α,β-unsaturated/α-hetero) is 1. The summed E-state index contributed by atoms with van der Waals surface area (Å²) >= 11 is 0. The average molecular weight is 258 g/mol. The van der Waals surface area contributed by atoms with Gasteiger partial charge in [-0.2, -0.15) is 0 Å². The maximum Gasteiger partial charge on any atom is 0.136 e. The lowest BCUT2D eigenvalue weighted by Crippen LogP contribution is -2.35. The van der Waals surface area contributed by atoms with Crippen LogP contribution in [0.2, 0.25) is 0 Å². The zero-order valence-electron chi connectivity index (χ0n) is 12.2. The highest BCUT2D eigenvalue weighted by atomic mass is 16.1. The Morgan fingerprint density at radius 1 is 0.842 bits per heavy atom. The van der Waals surface area contributed by atoms with Crippen molar-refractivity contribution in [2.75, 3.05) is 0 Å². The van der Waals surface area contributed by atoms with E-state index in [0.717, 1.165) is 30.1 Å². The lowest BCUT2D eigenvalue weighted by Gasteiger charge is -2.45. The van der Waals surface area contributed by atoms with E-state index in [9.17, 15) is 4.79 Å².